The van der Waals surface area contributed by atoms with E-state index >= 15 is 0 Å². The van der Waals surface area contributed by atoms with Crippen LogP contribution < -0.4 is 0 Å². The molecular weight excluding hydrogens is 168 g/mol. The van der Waals surface area contributed by atoms with Crippen LogP contribution >= 0.6 is 0 Å². The lowest BCUT2D eigenvalue weighted by Crippen LogP contribution is -2.19. The quantitative estimate of drug-likeness (QED) is 0.614. The van der Waals surface area contributed by atoms with Crippen molar-refractivity contribution in [2.24, 2.45) is 10.9 Å². The van der Waals surface area contributed by atoms with Crippen LogP contribution in [-0.4, -0.2) is 17.9 Å². The average Bonchev–Trinajstić information content (AvgIpc) is 2.43. The zero-order valence-corrected chi connectivity index (χ0v) is 7.78. The van der Waals surface area contributed by atoms with Crippen molar-refractivity contribution in [2.45, 2.75) is 32.9 Å². The highest BCUT2D eigenvalue weighted by Crippen LogP contribution is 2.21. The first-order valence-corrected chi connectivity index (χ1v) is 4.31. The molecule has 0 spiro atoms. The second-order valence-electron chi connectivity index (χ2n) is 3.04. The third-order valence-electron chi connectivity index (χ3n) is 2.13. The minimum atomic E-state index is -0.433. The molecule has 4 nitrogen and oxygen atoms in total. The molecule has 2 atom stereocenters. The maximum absolute atomic E-state index is 11.0. The number of carbonyl (C=O) groups is 1. The number of carbonyl (C=O) groups excluding carboxylic acids is 1. The second-order valence-corrected chi connectivity index (χ2v) is 3.04. The van der Waals surface area contributed by atoms with Gasteiger partial charge in [-0.3, -0.25) is 0 Å². The van der Waals surface area contributed by atoms with Gasteiger partial charge >= 0.3 is 5.97 Å². The van der Waals surface area contributed by atoms with Crippen LogP contribution in [0.2, 0.25) is 0 Å². The summed E-state index contributed by atoms with van der Waals surface area (Å²) in [6, 6.07) is 2.06. The lowest BCUT2D eigenvalue weighted by atomic mass is 10.0. The fourth-order valence-electron chi connectivity index (χ4n) is 1.23. The Labute approximate surface area is 77.2 Å². The predicted octanol–water partition coefficient (Wildman–Crippen LogP) is 1.27. The van der Waals surface area contributed by atoms with E-state index in [1.54, 1.807) is 6.92 Å². The first-order valence-electron chi connectivity index (χ1n) is 4.31. The van der Waals surface area contributed by atoms with Gasteiger partial charge in [-0.25, -0.2) is 9.79 Å². The summed E-state index contributed by atoms with van der Waals surface area (Å²) in [5.74, 6) is -0.326. The summed E-state index contributed by atoms with van der Waals surface area (Å²) in [6.45, 7) is 3.58. The molecule has 0 aliphatic carbocycles. The molecule has 0 aromatic rings. The maximum atomic E-state index is 11.0. The molecule has 0 bridgehead atoms. The van der Waals surface area contributed by atoms with Crippen molar-refractivity contribution in [3.8, 4) is 6.07 Å². The van der Waals surface area contributed by atoms with Gasteiger partial charge in [0.05, 0.1) is 6.07 Å². The van der Waals surface area contributed by atoms with Gasteiger partial charge in [0, 0.05) is 12.3 Å². The lowest BCUT2D eigenvalue weighted by molar-refractivity contribution is -0.139. The van der Waals surface area contributed by atoms with Crippen LogP contribution in [0.25, 0.3) is 0 Å². The van der Waals surface area contributed by atoms with Crippen LogP contribution in [0.4, 0.5) is 0 Å². The van der Waals surface area contributed by atoms with Crippen LogP contribution in [0.3, 0.4) is 0 Å². The van der Waals surface area contributed by atoms with Gasteiger partial charge in [0.1, 0.15) is 5.71 Å². The van der Waals surface area contributed by atoms with Gasteiger partial charge < -0.3 is 4.74 Å². The molecule has 0 aromatic carbocycles. The van der Waals surface area contributed by atoms with E-state index in [1.165, 1.54) is 0 Å². The molecule has 0 saturated heterocycles. The van der Waals surface area contributed by atoms with E-state index < -0.39 is 6.23 Å². The molecule has 1 rings (SSSR count). The third kappa shape index (κ3) is 2.05. The predicted molar refractivity (Wildman–Crippen MR) is 47.0 cm³/mol. The van der Waals surface area contributed by atoms with Crippen LogP contribution in [0.1, 0.15) is 26.7 Å². The van der Waals surface area contributed by atoms with Gasteiger partial charge in [-0.15, -0.1) is 0 Å². The van der Waals surface area contributed by atoms with E-state index in [4.69, 9.17) is 10.00 Å². The summed E-state index contributed by atoms with van der Waals surface area (Å²) < 4.78 is 4.99. The average molecular weight is 180 g/mol. The Kier molecular flexibility index (Phi) is 3.02. The summed E-state index contributed by atoms with van der Waals surface area (Å²) in [4.78, 5) is 15.0. The maximum Gasteiger partial charge on any atom is 0.354 e. The smallest absolute Gasteiger partial charge is 0.354 e. The zero-order chi connectivity index (χ0) is 9.84. The van der Waals surface area contributed by atoms with Crippen molar-refractivity contribution in [1.29, 1.82) is 5.26 Å². The second kappa shape index (κ2) is 4.04. The molecule has 0 radical (unpaired) electrons. The molecule has 0 aromatic heterocycles. The van der Waals surface area contributed by atoms with Crippen LogP contribution in [-0.2, 0) is 9.53 Å². The molecule has 70 valence electrons. The fourth-order valence-corrected chi connectivity index (χ4v) is 1.23. The Hall–Kier alpha value is -1.37. The number of nitrogens with zero attached hydrogens (tertiary/aromatic N) is 2. The molecule has 0 N–H and O–H groups in total. The number of esters is 1. The highest BCUT2D eigenvalue weighted by molar-refractivity contribution is 6.36. The van der Waals surface area contributed by atoms with Crippen LogP contribution in [0.15, 0.2) is 4.99 Å². The summed E-state index contributed by atoms with van der Waals surface area (Å²) in [6.07, 6.45) is 0.741. The largest absolute Gasteiger partial charge is 0.435 e. The Morgan fingerprint density at radius 3 is 2.85 bits per heavy atom. The molecule has 1 aliphatic heterocycles. The van der Waals surface area contributed by atoms with Gasteiger partial charge in [0.2, 0.25) is 0 Å². The van der Waals surface area contributed by atoms with Crippen LogP contribution in [0, 0.1) is 17.2 Å². The van der Waals surface area contributed by atoms with Gasteiger partial charge in [0.15, 0.2) is 6.23 Å². The van der Waals surface area contributed by atoms with Gasteiger partial charge in [-0.05, 0) is 13.3 Å². The highest BCUT2D eigenvalue weighted by atomic mass is 16.6. The van der Waals surface area contributed by atoms with Crippen molar-refractivity contribution in [1.82, 2.24) is 0 Å². The minimum absolute atomic E-state index is 0.0337. The number of rotatable bonds is 3. The molecule has 1 aliphatic rings. The molecule has 13 heavy (non-hydrogen) atoms. The molecule has 2 unspecified atom stereocenters. The van der Waals surface area contributed by atoms with Gasteiger partial charge in [-0.2, -0.15) is 5.26 Å². The summed E-state index contributed by atoms with van der Waals surface area (Å²) >= 11 is 0. The lowest BCUT2D eigenvalue weighted by Gasteiger charge is -2.15. The van der Waals surface area contributed by atoms with Gasteiger partial charge in [-0.1, -0.05) is 6.92 Å². The normalized spacial score (nSPS) is 23.3. The molecular formula is C9H12N2O2. The van der Waals surface area contributed by atoms with E-state index in [-0.39, 0.29) is 11.9 Å². The number of hydrogen-bond acceptors (Lipinski definition) is 4. The fraction of sp³-hybridized carbons (Fsp3) is 0.667. The van der Waals surface area contributed by atoms with Crippen LogP contribution in [0.5, 0.6) is 0 Å². The molecule has 0 saturated carbocycles. The van der Waals surface area contributed by atoms with Gasteiger partial charge in [0.25, 0.3) is 0 Å². The third-order valence-corrected chi connectivity index (χ3v) is 2.13. The number of nitriles is 1. The monoisotopic (exact) mass is 180 g/mol. The molecule has 0 amide bonds. The van der Waals surface area contributed by atoms with E-state index in [0.29, 0.717) is 12.1 Å². The van der Waals surface area contributed by atoms with E-state index in [9.17, 15) is 4.79 Å². The summed E-state index contributed by atoms with van der Waals surface area (Å²) in [5.41, 5.74) is 0.404. The van der Waals surface area contributed by atoms with Crippen molar-refractivity contribution in [3.05, 3.63) is 0 Å². The number of hydrogen-bond donors (Lipinski definition) is 0. The van der Waals surface area contributed by atoms with Crippen molar-refractivity contribution >= 4 is 11.7 Å². The molecule has 1 heterocycles. The number of aliphatic imine (C=N–C) groups is 1. The number of ether oxygens (including phenoxy) is 1. The summed E-state index contributed by atoms with van der Waals surface area (Å²) in [5, 5.41) is 8.52. The molecule has 0 fully saturated rings. The van der Waals surface area contributed by atoms with E-state index in [0.717, 1.165) is 6.42 Å². The Morgan fingerprint density at radius 2 is 2.46 bits per heavy atom. The summed E-state index contributed by atoms with van der Waals surface area (Å²) in [7, 11) is 0. The Morgan fingerprint density at radius 1 is 1.77 bits per heavy atom. The van der Waals surface area contributed by atoms with E-state index in [2.05, 4.69) is 11.1 Å². The van der Waals surface area contributed by atoms with Crippen molar-refractivity contribution < 1.29 is 9.53 Å². The topological polar surface area (TPSA) is 62.5 Å². The molecule has 4 heteroatoms. The van der Waals surface area contributed by atoms with E-state index in [1.807, 2.05) is 6.92 Å². The first-order chi connectivity index (χ1) is 6.19. The Bertz CT molecular complexity index is 278. The SMILES string of the molecule is CCC(CC#N)C1N=C(C)C(=O)O1. The standard InChI is InChI=1S/C9H12N2O2/c1-3-7(4-5-10)8-11-6(2)9(12)13-8/h7-8H,3-4H2,1-2H3. The Balaban J connectivity index is 2.64. The first kappa shape index (κ1) is 9.72. The van der Waals surface area contributed by atoms with Crippen molar-refractivity contribution in [3.63, 3.8) is 0 Å². The highest BCUT2D eigenvalue weighted by Gasteiger charge is 2.29. The number of cyclic esters (lactones) is 1. The van der Waals surface area contributed by atoms with Crippen molar-refractivity contribution in [2.75, 3.05) is 0 Å². The zero-order valence-electron chi connectivity index (χ0n) is 7.78. The minimum Gasteiger partial charge on any atom is -0.435 e.